The van der Waals surface area contributed by atoms with Gasteiger partial charge >= 0.3 is 0 Å². The molecule has 4 nitrogen and oxygen atoms in total. The van der Waals surface area contributed by atoms with Gasteiger partial charge in [0.2, 0.25) is 5.95 Å². The molecule has 1 heterocycles. The van der Waals surface area contributed by atoms with Gasteiger partial charge in [-0.2, -0.15) is 0 Å². The van der Waals surface area contributed by atoms with Gasteiger partial charge in [-0.1, -0.05) is 24.3 Å². The van der Waals surface area contributed by atoms with Gasteiger partial charge in [0.25, 0.3) is 0 Å². The fourth-order valence-electron chi connectivity index (χ4n) is 2.46. The molecule has 0 radical (unpaired) electrons. The fourth-order valence-corrected chi connectivity index (χ4v) is 2.46. The minimum absolute atomic E-state index is 0.750. The number of aryl methyl sites for hydroxylation is 1. The lowest BCUT2D eigenvalue weighted by atomic mass is 10.2. The van der Waals surface area contributed by atoms with Gasteiger partial charge in [-0.3, -0.25) is 0 Å². The molecular weight excluding hydrogens is 272 g/mol. The van der Waals surface area contributed by atoms with Crippen LogP contribution in [0.2, 0.25) is 0 Å². The maximum Gasteiger partial charge on any atom is 0.230 e. The minimum Gasteiger partial charge on any atom is -0.378 e. The number of imidazole rings is 1. The second-order valence-electron chi connectivity index (χ2n) is 5.39. The molecule has 112 valence electrons. The summed E-state index contributed by atoms with van der Waals surface area (Å²) in [6, 6.07) is 16.4. The summed E-state index contributed by atoms with van der Waals surface area (Å²) in [6.45, 7) is 2.96. The van der Waals surface area contributed by atoms with Crippen LogP contribution in [-0.2, 0) is 6.54 Å². The van der Waals surface area contributed by atoms with Gasteiger partial charge in [-0.25, -0.2) is 9.98 Å². The number of aliphatic imine (C=N–C) groups is 1. The number of para-hydroxylation sites is 2. The van der Waals surface area contributed by atoms with E-state index in [1.165, 1.54) is 5.69 Å². The Morgan fingerprint density at radius 2 is 1.82 bits per heavy atom. The van der Waals surface area contributed by atoms with E-state index in [0.717, 1.165) is 29.1 Å². The van der Waals surface area contributed by atoms with Crippen LogP contribution in [0.25, 0.3) is 11.0 Å². The molecule has 0 amide bonds. The van der Waals surface area contributed by atoms with Crippen LogP contribution in [0.4, 0.5) is 11.6 Å². The number of aromatic nitrogens is 2. The van der Waals surface area contributed by atoms with Crippen molar-refractivity contribution in [2.45, 2.75) is 13.5 Å². The molecule has 22 heavy (non-hydrogen) atoms. The summed E-state index contributed by atoms with van der Waals surface area (Å²) in [6.07, 6.45) is 1.87. The van der Waals surface area contributed by atoms with Crippen molar-refractivity contribution in [1.82, 2.24) is 9.55 Å². The predicted octanol–water partition coefficient (Wildman–Crippen LogP) is 3.87. The smallest absolute Gasteiger partial charge is 0.230 e. The Hall–Kier alpha value is -2.62. The molecule has 0 fully saturated rings. The van der Waals surface area contributed by atoms with E-state index in [1.54, 1.807) is 0 Å². The number of hydrogen-bond donors (Lipinski definition) is 0. The highest BCUT2D eigenvalue weighted by atomic mass is 15.2. The lowest BCUT2D eigenvalue weighted by Crippen LogP contribution is -2.08. The van der Waals surface area contributed by atoms with Crippen molar-refractivity contribution < 1.29 is 0 Å². The highest BCUT2D eigenvalue weighted by molar-refractivity contribution is 5.84. The van der Waals surface area contributed by atoms with Crippen LogP contribution in [-0.4, -0.2) is 29.9 Å². The van der Waals surface area contributed by atoms with E-state index in [9.17, 15) is 0 Å². The normalized spacial score (nSPS) is 11.4. The van der Waals surface area contributed by atoms with Crippen LogP contribution in [0, 0.1) is 0 Å². The van der Waals surface area contributed by atoms with Crippen LogP contribution in [0.3, 0.4) is 0 Å². The van der Waals surface area contributed by atoms with E-state index < -0.39 is 0 Å². The van der Waals surface area contributed by atoms with Gasteiger partial charge in [0.15, 0.2) is 0 Å². The van der Waals surface area contributed by atoms with Crippen molar-refractivity contribution in [3.05, 3.63) is 54.1 Å². The molecule has 0 N–H and O–H groups in total. The molecule has 1 aromatic heterocycles. The number of hydrogen-bond acceptors (Lipinski definition) is 3. The maximum atomic E-state index is 4.60. The Kier molecular flexibility index (Phi) is 3.92. The van der Waals surface area contributed by atoms with Gasteiger partial charge in [-0.15, -0.1) is 0 Å². The third kappa shape index (κ3) is 2.72. The topological polar surface area (TPSA) is 33.4 Å². The summed E-state index contributed by atoms with van der Waals surface area (Å²) in [5, 5.41) is 0. The first-order valence-electron chi connectivity index (χ1n) is 7.45. The first kappa shape index (κ1) is 14.3. The lowest BCUT2D eigenvalue weighted by molar-refractivity contribution is 0.790. The number of anilines is 1. The second-order valence-corrected chi connectivity index (χ2v) is 5.39. The van der Waals surface area contributed by atoms with Crippen LogP contribution in [0.15, 0.2) is 53.5 Å². The summed E-state index contributed by atoms with van der Waals surface area (Å²) in [4.78, 5) is 11.3. The van der Waals surface area contributed by atoms with Crippen molar-refractivity contribution in [3.63, 3.8) is 0 Å². The third-order valence-corrected chi connectivity index (χ3v) is 3.69. The zero-order valence-corrected chi connectivity index (χ0v) is 13.2. The Morgan fingerprint density at radius 1 is 1.09 bits per heavy atom. The average Bonchev–Trinajstić information content (AvgIpc) is 2.90. The molecule has 3 aromatic rings. The molecule has 0 spiro atoms. The fraction of sp³-hybridized carbons (Fsp3) is 0.222. The van der Waals surface area contributed by atoms with E-state index in [0.29, 0.717) is 0 Å². The predicted molar refractivity (Wildman–Crippen MR) is 93.4 cm³/mol. The summed E-state index contributed by atoms with van der Waals surface area (Å²) >= 11 is 0. The lowest BCUT2D eigenvalue weighted by Gasteiger charge is -2.11. The van der Waals surface area contributed by atoms with Crippen LogP contribution in [0.1, 0.15) is 12.5 Å². The summed E-state index contributed by atoms with van der Waals surface area (Å²) in [5.74, 6) is 0.750. The first-order valence-corrected chi connectivity index (χ1v) is 7.45. The Bertz CT molecular complexity index is 798. The van der Waals surface area contributed by atoms with Gasteiger partial charge in [-0.05, 0) is 36.8 Å². The summed E-state index contributed by atoms with van der Waals surface area (Å²) in [5.41, 5.74) is 4.36. The van der Waals surface area contributed by atoms with Crippen molar-refractivity contribution in [2.24, 2.45) is 4.99 Å². The first-order chi connectivity index (χ1) is 10.7. The van der Waals surface area contributed by atoms with Crippen molar-refractivity contribution in [2.75, 3.05) is 19.0 Å². The molecule has 0 aliphatic rings. The highest BCUT2D eigenvalue weighted by Crippen LogP contribution is 2.21. The van der Waals surface area contributed by atoms with E-state index in [2.05, 4.69) is 56.7 Å². The average molecular weight is 292 g/mol. The third-order valence-electron chi connectivity index (χ3n) is 3.69. The molecule has 4 heteroatoms. The zero-order valence-electron chi connectivity index (χ0n) is 13.2. The quantitative estimate of drug-likeness (QED) is 0.684. The second kappa shape index (κ2) is 6.02. The van der Waals surface area contributed by atoms with Crippen molar-refractivity contribution in [3.8, 4) is 0 Å². The SMILES string of the molecule is CCn1c(N=Cc2ccc(N(C)C)cc2)nc2ccccc21. The number of benzene rings is 2. The van der Waals surface area contributed by atoms with Gasteiger partial charge in [0.05, 0.1) is 11.0 Å². The monoisotopic (exact) mass is 292 g/mol. The van der Waals surface area contributed by atoms with E-state index >= 15 is 0 Å². The Morgan fingerprint density at radius 3 is 2.50 bits per heavy atom. The molecular formula is C18H20N4. The molecule has 3 rings (SSSR count). The molecule has 0 saturated heterocycles. The summed E-state index contributed by atoms with van der Waals surface area (Å²) in [7, 11) is 4.07. The molecule has 2 aromatic carbocycles. The highest BCUT2D eigenvalue weighted by Gasteiger charge is 2.06. The molecule has 0 atom stereocenters. The number of nitrogens with zero attached hydrogens (tertiary/aromatic N) is 4. The molecule has 0 aliphatic carbocycles. The van der Waals surface area contributed by atoms with E-state index in [-0.39, 0.29) is 0 Å². The largest absolute Gasteiger partial charge is 0.378 e. The standard InChI is InChI=1S/C18H20N4/c1-4-22-17-8-6-5-7-16(17)20-18(22)19-13-14-9-11-15(12-10-14)21(2)3/h5-13H,4H2,1-3H3. The molecule has 0 bridgehead atoms. The molecule has 0 unspecified atom stereocenters. The summed E-state index contributed by atoms with van der Waals surface area (Å²) < 4.78 is 2.13. The van der Waals surface area contributed by atoms with Crippen molar-refractivity contribution >= 4 is 28.9 Å². The van der Waals surface area contributed by atoms with Crippen LogP contribution in [0.5, 0.6) is 0 Å². The van der Waals surface area contributed by atoms with Crippen molar-refractivity contribution in [1.29, 1.82) is 0 Å². The minimum atomic E-state index is 0.750. The van der Waals surface area contributed by atoms with Crippen LogP contribution < -0.4 is 4.90 Å². The van der Waals surface area contributed by atoms with Crippen LogP contribution >= 0.6 is 0 Å². The van der Waals surface area contributed by atoms with Gasteiger partial charge < -0.3 is 9.47 Å². The Balaban J connectivity index is 1.92. The molecule has 0 aliphatic heterocycles. The van der Waals surface area contributed by atoms with E-state index in [4.69, 9.17) is 0 Å². The van der Waals surface area contributed by atoms with Gasteiger partial charge in [0, 0.05) is 32.5 Å². The Labute approximate surface area is 130 Å². The van der Waals surface area contributed by atoms with E-state index in [1.807, 2.05) is 38.5 Å². The van der Waals surface area contributed by atoms with Gasteiger partial charge in [0.1, 0.15) is 0 Å². The zero-order chi connectivity index (χ0) is 15.5. The number of fused-ring (bicyclic) bond motifs is 1. The molecule has 0 saturated carbocycles. The number of rotatable bonds is 4. The maximum absolute atomic E-state index is 4.60.